The summed E-state index contributed by atoms with van der Waals surface area (Å²) in [6.07, 6.45) is 3.63. The molecule has 0 saturated heterocycles. The second kappa shape index (κ2) is 12.1. The van der Waals surface area contributed by atoms with Crippen LogP contribution in [-0.2, 0) is 5.41 Å². The molecule has 274 valence electrons. The number of hydrogen-bond donors (Lipinski definition) is 0. The number of anilines is 3. The van der Waals surface area contributed by atoms with Crippen molar-refractivity contribution in [3.63, 3.8) is 0 Å². The maximum Gasteiger partial charge on any atom is 0.152 e. The van der Waals surface area contributed by atoms with Crippen molar-refractivity contribution in [3.8, 4) is 45.4 Å². The van der Waals surface area contributed by atoms with Crippen LogP contribution in [0.15, 0.2) is 164 Å². The van der Waals surface area contributed by atoms with Crippen molar-refractivity contribution in [3.05, 3.63) is 181 Å². The Kier molecular flexibility index (Phi) is 6.83. The third-order valence-electron chi connectivity index (χ3n) is 12.3. The molecule has 0 unspecified atom stereocenters. The minimum atomic E-state index is -0.289. The first-order chi connectivity index (χ1) is 28.4. The predicted octanol–water partition coefficient (Wildman–Crippen LogP) is 14.0. The molecule has 10 aromatic rings. The van der Waals surface area contributed by atoms with Crippen LogP contribution in [0.5, 0.6) is 11.5 Å². The molecular weight excluding hydrogens is 709 g/mol. The number of pyridine rings is 3. The Morgan fingerprint density at radius 1 is 0.466 bits per heavy atom. The second-order valence-corrected chi connectivity index (χ2v) is 16.2. The van der Waals surface area contributed by atoms with E-state index in [1.165, 1.54) is 60.1 Å². The number of ether oxygens (including phenoxy) is 1. The van der Waals surface area contributed by atoms with Crippen LogP contribution >= 0.6 is 0 Å². The molecule has 0 bridgehead atoms. The van der Waals surface area contributed by atoms with Gasteiger partial charge in [0.15, 0.2) is 11.5 Å². The molecule has 0 atom stereocenters. The summed E-state index contributed by atoms with van der Waals surface area (Å²) >= 11 is 0. The number of rotatable bonds is 3. The van der Waals surface area contributed by atoms with Gasteiger partial charge in [-0.2, -0.15) is 0 Å². The van der Waals surface area contributed by atoms with Crippen molar-refractivity contribution < 1.29 is 4.74 Å². The smallest absolute Gasteiger partial charge is 0.152 e. The number of aryl methyl sites for hydroxylation is 1. The maximum absolute atomic E-state index is 7.02. The molecule has 4 heterocycles. The summed E-state index contributed by atoms with van der Waals surface area (Å²) in [5, 5.41) is 9.96. The highest BCUT2D eigenvalue weighted by atomic mass is 16.5. The molecule has 58 heavy (non-hydrogen) atoms. The van der Waals surface area contributed by atoms with Crippen molar-refractivity contribution in [2.45, 2.75) is 26.2 Å². The van der Waals surface area contributed by atoms with Crippen molar-refractivity contribution in [2.24, 2.45) is 0 Å². The van der Waals surface area contributed by atoms with Gasteiger partial charge in [0.05, 0.1) is 39.8 Å². The summed E-state index contributed by atoms with van der Waals surface area (Å²) in [6.45, 7) is 6.91. The van der Waals surface area contributed by atoms with Gasteiger partial charge in [-0.3, -0.25) is 9.97 Å². The van der Waals surface area contributed by atoms with Crippen LogP contribution in [0.2, 0.25) is 0 Å². The molecule has 2 aliphatic rings. The molecule has 0 N–H and O–H groups in total. The Labute approximate surface area is 335 Å². The zero-order chi connectivity index (χ0) is 38.7. The van der Waals surface area contributed by atoms with Crippen LogP contribution in [0.3, 0.4) is 0 Å². The van der Waals surface area contributed by atoms with E-state index in [2.05, 4.69) is 141 Å². The average molecular weight is 745 g/mol. The highest BCUT2D eigenvalue weighted by Gasteiger charge is 2.39. The van der Waals surface area contributed by atoms with E-state index >= 15 is 0 Å². The molecule has 3 aromatic heterocycles. The van der Waals surface area contributed by atoms with Gasteiger partial charge < -0.3 is 9.64 Å². The summed E-state index contributed by atoms with van der Waals surface area (Å²) in [6, 6.07) is 54.3. The zero-order valence-corrected chi connectivity index (χ0v) is 32.3. The largest absolute Gasteiger partial charge is 0.453 e. The predicted molar refractivity (Wildman–Crippen MR) is 238 cm³/mol. The van der Waals surface area contributed by atoms with Gasteiger partial charge in [0.25, 0.3) is 0 Å². The number of nitrogens with zero attached hydrogens (tertiary/aromatic N) is 4. The van der Waals surface area contributed by atoms with Gasteiger partial charge >= 0.3 is 0 Å². The lowest BCUT2D eigenvalue weighted by atomic mass is 9.81. The quantitative estimate of drug-likeness (QED) is 0.169. The molecule has 12 rings (SSSR count). The summed E-state index contributed by atoms with van der Waals surface area (Å²) in [7, 11) is 0. The van der Waals surface area contributed by atoms with Crippen LogP contribution in [0.4, 0.5) is 17.1 Å². The molecular formula is C53H36N4O. The highest BCUT2D eigenvalue weighted by molar-refractivity contribution is 6.26. The number of fused-ring (bicyclic) bond motifs is 12. The Morgan fingerprint density at radius 3 is 1.71 bits per heavy atom. The number of aromatic nitrogens is 3. The monoisotopic (exact) mass is 744 g/mol. The molecule has 1 aliphatic carbocycles. The third-order valence-corrected chi connectivity index (χ3v) is 12.3. The van der Waals surface area contributed by atoms with E-state index in [0.717, 1.165) is 62.1 Å². The van der Waals surface area contributed by atoms with E-state index in [-0.39, 0.29) is 5.41 Å². The van der Waals surface area contributed by atoms with Gasteiger partial charge in [0, 0.05) is 17.8 Å². The Hall–Kier alpha value is -7.37. The molecule has 0 radical (unpaired) electrons. The Morgan fingerprint density at radius 2 is 1.02 bits per heavy atom. The number of benzene rings is 7. The molecule has 0 amide bonds. The van der Waals surface area contributed by atoms with E-state index in [1.54, 1.807) is 0 Å². The van der Waals surface area contributed by atoms with Crippen molar-refractivity contribution in [1.29, 1.82) is 0 Å². The molecule has 5 nitrogen and oxygen atoms in total. The van der Waals surface area contributed by atoms with Crippen LogP contribution < -0.4 is 9.64 Å². The molecule has 0 spiro atoms. The first-order valence-corrected chi connectivity index (χ1v) is 19.8. The highest BCUT2D eigenvalue weighted by Crippen LogP contribution is 2.59. The molecule has 5 heteroatoms. The van der Waals surface area contributed by atoms with Crippen molar-refractivity contribution in [2.75, 3.05) is 4.90 Å². The lowest BCUT2D eigenvalue weighted by molar-refractivity contribution is 0.477. The Balaban J connectivity index is 1.13. The SMILES string of the molecule is Cc1ccc2c(c1)c1ccccc1c1cc3c(cc21)C(C)(C)c1cc2c(cc1-3)Oc1cc3ccccc3cc1N2c1cc(-c2ccccn2)nc(-c2ccccn2)c1. The van der Waals surface area contributed by atoms with Crippen LogP contribution in [0.25, 0.3) is 77.0 Å². The summed E-state index contributed by atoms with van der Waals surface area (Å²) in [5.41, 5.74) is 12.0. The fraction of sp³-hybridized carbons (Fsp3) is 0.0755. The van der Waals surface area contributed by atoms with Crippen LogP contribution in [0, 0.1) is 6.92 Å². The topological polar surface area (TPSA) is 51.1 Å². The maximum atomic E-state index is 7.02. The molecule has 1 aliphatic heterocycles. The minimum Gasteiger partial charge on any atom is -0.453 e. The molecule has 0 fully saturated rings. The van der Waals surface area contributed by atoms with Gasteiger partial charge in [-0.05, 0) is 145 Å². The van der Waals surface area contributed by atoms with Crippen LogP contribution in [0.1, 0.15) is 30.5 Å². The third kappa shape index (κ3) is 4.80. The minimum absolute atomic E-state index is 0.289. The summed E-state index contributed by atoms with van der Waals surface area (Å²) in [4.78, 5) is 16.9. The lowest BCUT2D eigenvalue weighted by Gasteiger charge is -2.35. The van der Waals surface area contributed by atoms with Crippen molar-refractivity contribution >= 4 is 60.2 Å². The van der Waals surface area contributed by atoms with Crippen LogP contribution in [-0.4, -0.2) is 15.0 Å². The lowest BCUT2D eigenvalue weighted by Crippen LogP contribution is -2.19. The number of hydrogen-bond acceptors (Lipinski definition) is 5. The van der Waals surface area contributed by atoms with Gasteiger partial charge in [-0.1, -0.05) is 98.3 Å². The van der Waals surface area contributed by atoms with Crippen molar-refractivity contribution in [1.82, 2.24) is 15.0 Å². The normalized spacial score (nSPS) is 13.7. The standard InChI is InChI=1S/C53H36N4O/c1-31-18-19-37-38(22-31)35-14-6-7-15-36(35)39-27-41-42-29-52-50(30-44(42)53(2,3)43(41)28-40(37)39)57(49-23-32-12-4-5-13-33(32)24-51(49)58-52)34-25-47(45-16-8-10-20-54-45)56-48(26-34)46-17-9-11-21-55-46/h4-30H,1-3H3. The fourth-order valence-electron chi connectivity index (χ4n) is 9.49. The van der Waals surface area contributed by atoms with Gasteiger partial charge in [0.1, 0.15) is 0 Å². The average Bonchev–Trinajstić information content (AvgIpc) is 3.48. The second-order valence-electron chi connectivity index (χ2n) is 16.2. The Bertz CT molecular complexity index is 3300. The van der Waals surface area contributed by atoms with E-state index in [4.69, 9.17) is 19.7 Å². The van der Waals surface area contributed by atoms with Gasteiger partial charge in [-0.25, -0.2) is 4.98 Å². The van der Waals surface area contributed by atoms with Gasteiger partial charge in [-0.15, -0.1) is 0 Å². The molecule has 7 aromatic carbocycles. The molecule has 0 saturated carbocycles. The van der Waals surface area contributed by atoms with Gasteiger partial charge in [0.2, 0.25) is 0 Å². The first-order valence-electron chi connectivity index (χ1n) is 19.8. The first kappa shape index (κ1) is 32.8. The van der Waals surface area contributed by atoms with E-state index < -0.39 is 0 Å². The van der Waals surface area contributed by atoms with E-state index in [1.807, 2.05) is 48.8 Å². The fourth-order valence-corrected chi connectivity index (χ4v) is 9.49. The summed E-state index contributed by atoms with van der Waals surface area (Å²) < 4.78 is 7.02. The van der Waals surface area contributed by atoms with E-state index in [9.17, 15) is 0 Å². The zero-order valence-electron chi connectivity index (χ0n) is 32.3. The summed E-state index contributed by atoms with van der Waals surface area (Å²) in [5.74, 6) is 1.60. The van der Waals surface area contributed by atoms with E-state index in [0.29, 0.717) is 0 Å².